The van der Waals surface area contributed by atoms with E-state index in [9.17, 15) is 4.39 Å². The van der Waals surface area contributed by atoms with Crippen molar-refractivity contribution < 1.29 is 4.39 Å². The molecule has 106 valence electrons. The molecule has 0 radical (unpaired) electrons. The minimum Gasteiger partial charge on any atom is -0.372 e. The van der Waals surface area contributed by atoms with Crippen molar-refractivity contribution >= 4 is 5.69 Å². The highest BCUT2D eigenvalue weighted by Gasteiger charge is 2.34. The van der Waals surface area contributed by atoms with Gasteiger partial charge in [-0.15, -0.1) is 0 Å². The summed E-state index contributed by atoms with van der Waals surface area (Å²) in [6.07, 6.45) is 1.27. The Kier molecular flexibility index (Phi) is 4.46. The fourth-order valence-electron chi connectivity index (χ4n) is 2.80. The van der Waals surface area contributed by atoms with E-state index in [1.165, 1.54) is 6.42 Å². The smallest absolute Gasteiger partial charge is 0.146 e. The fourth-order valence-corrected chi connectivity index (χ4v) is 2.80. The zero-order chi connectivity index (χ0) is 14.0. The Labute approximate surface area is 116 Å². The monoisotopic (exact) mass is 264 g/mol. The molecule has 1 aromatic carbocycles. The molecule has 1 aliphatic carbocycles. The number of halogens is 1. The van der Waals surface area contributed by atoms with Crippen LogP contribution in [0.2, 0.25) is 0 Å². The Bertz CT molecular complexity index is 433. The Morgan fingerprint density at radius 2 is 2.16 bits per heavy atom. The first-order chi connectivity index (χ1) is 9.04. The summed E-state index contributed by atoms with van der Waals surface area (Å²) in [5.41, 5.74) is 1.81. The topological polar surface area (TPSA) is 15.3 Å². The van der Waals surface area contributed by atoms with Crippen LogP contribution in [0, 0.1) is 17.7 Å². The summed E-state index contributed by atoms with van der Waals surface area (Å²) < 4.78 is 14.2. The second-order valence-corrected chi connectivity index (χ2v) is 5.81. The number of rotatable bonds is 6. The zero-order valence-corrected chi connectivity index (χ0v) is 12.4. The van der Waals surface area contributed by atoms with E-state index in [2.05, 4.69) is 31.0 Å². The largest absolute Gasteiger partial charge is 0.372 e. The van der Waals surface area contributed by atoms with E-state index in [4.69, 9.17) is 0 Å². The van der Waals surface area contributed by atoms with Crippen molar-refractivity contribution in [2.75, 3.05) is 25.0 Å². The van der Waals surface area contributed by atoms with Crippen LogP contribution < -0.4 is 10.2 Å². The average molecular weight is 264 g/mol. The van der Waals surface area contributed by atoms with Crippen LogP contribution in [0.4, 0.5) is 10.1 Å². The normalized spacial score (nSPS) is 23.2. The van der Waals surface area contributed by atoms with Crippen molar-refractivity contribution in [2.24, 2.45) is 11.8 Å². The lowest BCUT2D eigenvalue weighted by molar-refractivity contribution is 0.576. The fraction of sp³-hybridized carbons (Fsp3) is 0.625. The maximum absolute atomic E-state index is 14.2. The molecule has 1 aromatic rings. The third-order valence-corrected chi connectivity index (χ3v) is 4.16. The lowest BCUT2D eigenvalue weighted by atomic mass is 10.0. The standard InChI is InChI=1S/C16H25FN2/c1-5-18-12(3)14-7-6-8-15(17)16(14)19(4)10-13-9-11(13)2/h6-8,11-13,18H,5,9-10H2,1-4H3. The molecule has 1 saturated carbocycles. The SMILES string of the molecule is CCNC(C)c1cccc(F)c1N(C)CC1CC1C. The number of nitrogens with zero attached hydrogens (tertiary/aromatic N) is 1. The van der Waals surface area contributed by atoms with Crippen molar-refractivity contribution in [3.05, 3.63) is 29.6 Å². The van der Waals surface area contributed by atoms with Crippen LogP contribution in [0.15, 0.2) is 18.2 Å². The molecule has 1 N–H and O–H groups in total. The van der Waals surface area contributed by atoms with Crippen LogP contribution >= 0.6 is 0 Å². The van der Waals surface area contributed by atoms with E-state index >= 15 is 0 Å². The van der Waals surface area contributed by atoms with Gasteiger partial charge in [0.2, 0.25) is 0 Å². The molecule has 1 fully saturated rings. The molecule has 0 aromatic heterocycles. The van der Waals surface area contributed by atoms with Gasteiger partial charge in [0.15, 0.2) is 0 Å². The molecule has 19 heavy (non-hydrogen) atoms. The van der Waals surface area contributed by atoms with Gasteiger partial charge in [-0.05, 0) is 43.4 Å². The highest BCUT2D eigenvalue weighted by atomic mass is 19.1. The maximum Gasteiger partial charge on any atom is 0.146 e. The molecule has 3 atom stereocenters. The summed E-state index contributed by atoms with van der Waals surface area (Å²) in [6.45, 7) is 8.27. The van der Waals surface area contributed by atoms with Gasteiger partial charge in [0.05, 0.1) is 5.69 Å². The molecule has 2 rings (SSSR count). The Hall–Kier alpha value is -1.09. The van der Waals surface area contributed by atoms with Crippen molar-refractivity contribution in [3.8, 4) is 0 Å². The highest BCUT2D eigenvalue weighted by Crippen LogP contribution is 2.39. The van der Waals surface area contributed by atoms with Crippen molar-refractivity contribution in [2.45, 2.75) is 33.2 Å². The summed E-state index contributed by atoms with van der Waals surface area (Å²) in [4.78, 5) is 2.09. The molecule has 2 nitrogen and oxygen atoms in total. The van der Waals surface area contributed by atoms with Gasteiger partial charge < -0.3 is 10.2 Å². The average Bonchev–Trinajstić information content (AvgIpc) is 3.04. The van der Waals surface area contributed by atoms with Gasteiger partial charge in [-0.25, -0.2) is 4.39 Å². The van der Waals surface area contributed by atoms with Crippen LogP contribution in [0.1, 0.15) is 38.8 Å². The molecule has 0 amide bonds. The predicted molar refractivity (Wildman–Crippen MR) is 79.0 cm³/mol. The Morgan fingerprint density at radius 3 is 2.74 bits per heavy atom. The van der Waals surface area contributed by atoms with Gasteiger partial charge in [0.1, 0.15) is 5.82 Å². The summed E-state index contributed by atoms with van der Waals surface area (Å²) in [5, 5.41) is 3.37. The number of nitrogens with one attached hydrogen (secondary N) is 1. The van der Waals surface area contributed by atoms with Crippen LogP contribution in [-0.4, -0.2) is 20.1 Å². The summed E-state index contributed by atoms with van der Waals surface area (Å²) in [7, 11) is 2.01. The maximum atomic E-state index is 14.2. The van der Waals surface area contributed by atoms with E-state index in [0.29, 0.717) is 0 Å². The van der Waals surface area contributed by atoms with Crippen LogP contribution in [0.5, 0.6) is 0 Å². The number of hydrogen-bond acceptors (Lipinski definition) is 2. The van der Waals surface area contributed by atoms with Gasteiger partial charge in [-0.1, -0.05) is 26.0 Å². The summed E-state index contributed by atoms with van der Waals surface area (Å²) in [6, 6.07) is 5.56. The molecule has 3 heteroatoms. The minimum absolute atomic E-state index is 0.113. The van der Waals surface area contributed by atoms with Gasteiger partial charge in [-0.2, -0.15) is 0 Å². The first-order valence-corrected chi connectivity index (χ1v) is 7.27. The molecule has 0 spiro atoms. The van der Waals surface area contributed by atoms with Crippen LogP contribution in [0.25, 0.3) is 0 Å². The number of para-hydroxylation sites is 1. The number of hydrogen-bond donors (Lipinski definition) is 1. The minimum atomic E-state index is -0.113. The zero-order valence-electron chi connectivity index (χ0n) is 12.4. The Morgan fingerprint density at radius 1 is 1.47 bits per heavy atom. The van der Waals surface area contributed by atoms with Gasteiger partial charge in [-0.3, -0.25) is 0 Å². The molecule has 1 aliphatic rings. The van der Waals surface area contributed by atoms with E-state index in [1.807, 2.05) is 13.1 Å². The second-order valence-electron chi connectivity index (χ2n) is 5.81. The van der Waals surface area contributed by atoms with Crippen molar-refractivity contribution in [1.82, 2.24) is 5.32 Å². The molecule has 0 aliphatic heterocycles. The molecule has 3 unspecified atom stereocenters. The van der Waals surface area contributed by atoms with E-state index in [1.54, 1.807) is 12.1 Å². The highest BCUT2D eigenvalue weighted by molar-refractivity contribution is 5.55. The first kappa shape index (κ1) is 14.3. The number of benzene rings is 1. The first-order valence-electron chi connectivity index (χ1n) is 7.27. The number of anilines is 1. The molecule has 0 bridgehead atoms. The lowest BCUT2D eigenvalue weighted by Crippen LogP contribution is -2.26. The van der Waals surface area contributed by atoms with Gasteiger partial charge >= 0.3 is 0 Å². The molecular formula is C16H25FN2. The van der Waals surface area contributed by atoms with Crippen molar-refractivity contribution in [3.63, 3.8) is 0 Å². The second kappa shape index (κ2) is 5.91. The van der Waals surface area contributed by atoms with E-state index in [-0.39, 0.29) is 11.9 Å². The van der Waals surface area contributed by atoms with Crippen LogP contribution in [-0.2, 0) is 0 Å². The lowest BCUT2D eigenvalue weighted by Gasteiger charge is -2.26. The molecule has 0 saturated heterocycles. The van der Waals surface area contributed by atoms with E-state index < -0.39 is 0 Å². The summed E-state index contributed by atoms with van der Waals surface area (Å²) >= 11 is 0. The third kappa shape index (κ3) is 3.27. The molecular weight excluding hydrogens is 239 g/mol. The Balaban J connectivity index is 2.21. The predicted octanol–water partition coefficient (Wildman–Crippen LogP) is 3.59. The summed E-state index contributed by atoms with van der Waals surface area (Å²) in [5.74, 6) is 1.41. The quantitative estimate of drug-likeness (QED) is 0.844. The molecule has 0 heterocycles. The van der Waals surface area contributed by atoms with Gasteiger partial charge in [0, 0.05) is 19.6 Å². The third-order valence-electron chi connectivity index (χ3n) is 4.16. The van der Waals surface area contributed by atoms with E-state index in [0.717, 1.165) is 36.2 Å². The van der Waals surface area contributed by atoms with Crippen molar-refractivity contribution in [1.29, 1.82) is 0 Å². The van der Waals surface area contributed by atoms with Crippen LogP contribution in [0.3, 0.4) is 0 Å². The van der Waals surface area contributed by atoms with Gasteiger partial charge in [0.25, 0.3) is 0 Å².